The molecule has 1 N–H and O–H groups in total. The molecule has 1 aromatic carbocycles. The minimum Gasteiger partial charge on any atom is -0.453 e. The lowest BCUT2D eigenvalue weighted by Crippen LogP contribution is -2.36. The summed E-state index contributed by atoms with van der Waals surface area (Å²) in [6.07, 6.45) is 7.04. The molecular formula is C28H25N7O2S2. The number of likely N-dealkylation sites (tertiary alicyclic amines) is 1. The van der Waals surface area contributed by atoms with E-state index in [9.17, 15) is 4.79 Å². The Bertz CT molecular complexity index is 1600. The van der Waals surface area contributed by atoms with E-state index in [1.165, 1.54) is 23.3 Å². The lowest BCUT2D eigenvalue weighted by atomic mass is 9.96. The highest BCUT2D eigenvalue weighted by Crippen LogP contribution is 2.38. The molecule has 5 aromatic rings. The second-order valence-corrected chi connectivity index (χ2v) is 10.9. The number of anilines is 2. The van der Waals surface area contributed by atoms with Crippen LogP contribution in [0.3, 0.4) is 0 Å². The first-order valence-electron chi connectivity index (χ1n) is 12.6. The maximum Gasteiger partial charge on any atom is 0.219 e. The zero-order chi connectivity index (χ0) is 26.6. The molecule has 0 bridgehead atoms. The fourth-order valence-corrected chi connectivity index (χ4v) is 5.89. The number of pyridine rings is 3. The van der Waals surface area contributed by atoms with Gasteiger partial charge in [-0.05, 0) is 49.2 Å². The van der Waals surface area contributed by atoms with Crippen LogP contribution in [0.5, 0.6) is 11.5 Å². The monoisotopic (exact) mass is 555 g/mol. The van der Waals surface area contributed by atoms with E-state index in [1.54, 1.807) is 25.5 Å². The quantitative estimate of drug-likeness (QED) is 0.248. The highest BCUT2D eigenvalue weighted by molar-refractivity contribution is 7.99. The van der Waals surface area contributed by atoms with Gasteiger partial charge in [-0.15, -0.1) is 0 Å². The van der Waals surface area contributed by atoms with E-state index in [0.717, 1.165) is 52.6 Å². The number of aromatic nitrogens is 5. The van der Waals surface area contributed by atoms with Gasteiger partial charge in [0.1, 0.15) is 16.6 Å². The lowest BCUT2D eigenvalue weighted by Gasteiger charge is -2.29. The number of benzene rings is 1. The average molecular weight is 556 g/mol. The number of nitrogens with one attached hydrogen (secondary N) is 1. The Morgan fingerprint density at radius 1 is 1.03 bits per heavy atom. The third kappa shape index (κ3) is 5.84. The number of nitrogens with zero attached hydrogens (tertiary/aromatic N) is 6. The molecule has 9 nitrogen and oxygen atoms in total. The highest BCUT2D eigenvalue weighted by Gasteiger charge is 2.25. The fraction of sp³-hybridized carbons (Fsp3) is 0.214. The Morgan fingerprint density at radius 3 is 2.72 bits per heavy atom. The Hall–Kier alpha value is -4.09. The molecule has 0 saturated carbocycles. The molecule has 5 heterocycles. The zero-order valence-electron chi connectivity index (χ0n) is 21.2. The van der Waals surface area contributed by atoms with E-state index in [-0.39, 0.29) is 11.8 Å². The van der Waals surface area contributed by atoms with Crippen LogP contribution in [-0.2, 0) is 4.79 Å². The summed E-state index contributed by atoms with van der Waals surface area (Å²) in [5.41, 5.74) is 0.848. The predicted octanol–water partition coefficient (Wildman–Crippen LogP) is 6.29. The van der Waals surface area contributed by atoms with E-state index in [1.807, 2.05) is 59.5 Å². The summed E-state index contributed by atoms with van der Waals surface area (Å²) in [6, 6.07) is 17.4. The van der Waals surface area contributed by atoms with Crippen molar-refractivity contribution in [2.24, 2.45) is 0 Å². The molecule has 6 rings (SSSR count). The number of carbonyl (C=O) groups is 1. The molecule has 0 aliphatic carbocycles. The van der Waals surface area contributed by atoms with Crippen molar-refractivity contribution in [1.29, 1.82) is 0 Å². The standard InChI is InChI=1S/C28H25N7O2S2/c1-18(36)35-14-10-19(11-15-35)26-32-28(39-34-26)33-27-24(16-20(17-31-27)38-25-9-2-3-12-30-25)37-23-8-4-7-22-21(23)6-5-13-29-22/h2-9,12-13,16-17,19H,10-11,14-15H2,1H3,(H,31,32,33,34). The number of carbonyl (C=O) groups excluding carboxylic acids is 1. The number of ether oxygens (including phenoxy) is 1. The topological polar surface area (TPSA) is 106 Å². The Balaban J connectivity index is 1.27. The molecule has 196 valence electrons. The molecule has 0 spiro atoms. The number of rotatable bonds is 7. The van der Waals surface area contributed by atoms with Crippen molar-refractivity contribution in [2.75, 3.05) is 18.4 Å². The van der Waals surface area contributed by atoms with Crippen LogP contribution < -0.4 is 10.1 Å². The second kappa shape index (κ2) is 11.3. The van der Waals surface area contributed by atoms with E-state index in [2.05, 4.69) is 19.7 Å². The molecule has 1 saturated heterocycles. The number of hydrogen-bond acceptors (Lipinski definition) is 10. The van der Waals surface area contributed by atoms with Gasteiger partial charge < -0.3 is 15.0 Å². The minimum absolute atomic E-state index is 0.118. The number of fused-ring (bicyclic) bond motifs is 1. The first kappa shape index (κ1) is 25.2. The van der Waals surface area contributed by atoms with Crippen molar-refractivity contribution in [3.63, 3.8) is 0 Å². The summed E-state index contributed by atoms with van der Waals surface area (Å²) >= 11 is 2.80. The van der Waals surface area contributed by atoms with Crippen LogP contribution in [0.15, 0.2) is 83.1 Å². The van der Waals surface area contributed by atoms with Crippen molar-refractivity contribution in [2.45, 2.75) is 35.6 Å². The van der Waals surface area contributed by atoms with Gasteiger partial charge in [0.05, 0.1) is 5.52 Å². The molecule has 0 atom stereocenters. The normalized spacial score (nSPS) is 13.9. The zero-order valence-corrected chi connectivity index (χ0v) is 22.8. The number of hydrogen-bond donors (Lipinski definition) is 1. The van der Waals surface area contributed by atoms with Gasteiger partial charge >= 0.3 is 0 Å². The Kier molecular flexibility index (Phi) is 7.33. The fourth-order valence-electron chi connectivity index (χ4n) is 4.47. The summed E-state index contributed by atoms with van der Waals surface area (Å²) in [6.45, 7) is 3.08. The third-order valence-electron chi connectivity index (χ3n) is 6.49. The molecule has 39 heavy (non-hydrogen) atoms. The van der Waals surface area contributed by atoms with E-state index in [0.29, 0.717) is 22.4 Å². The van der Waals surface area contributed by atoms with Crippen LogP contribution in [0.25, 0.3) is 10.9 Å². The van der Waals surface area contributed by atoms with Crippen LogP contribution in [-0.4, -0.2) is 48.2 Å². The molecule has 4 aromatic heterocycles. The Morgan fingerprint density at radius 2 is 1.90 bits per heavy atom. The van der Waals surface area contributed by atoms with Crippen LogP contribution >= 0.6 is 23.3 Å². The first-order chi connectivity index (χ1) is 19.1. The molecule has 1 amide bonds. The number of amides is 1. The van der Waals surface area contributed by atoms with Gasteiger partial charge in [0.25, 0.3) is 0 Å². The van der Waals surface area contributed by atoms with E-state index < -0.39 is 0 Å². The van der Waals surface area contributed by atoms with Crippen LogP contribution in [0.2, 0.25) is 0 Å². The predicted molar refractivity (Wildman–Crippen MR) is 152 cm³/mol. The van der Waals surface area contributed by atoms with Crippen molar-refractivity contribution < 1.29 is 9.53 Å². The van der Waals surface area contributed by atoms with Crippen LogP contribution in [0.1, 0.15) is 31.5 Å². The number of piperidine rings is 1. The van der Waals surface area contributed by atoms with Gasteiger partial charge in [-0.3, -0.25) is 9.78 Å². The first-order valence-corrected chi connectivity index (χ1v) is 14.2. The summed E-state index contributed by atoms with van der Waals surface area (Å²) in [5.74, 6) is 2.93. The molecule has 11 heteroatoms. The van der Waals surface area contributed by atoms with Crippen molar-refractivity contribution in [3.8, 4) is 11.5 Å². The average Bonchev–Trinajstić information content (AvgIpc) is 3.44. The molecule has 1 fully saturated rings. The van der Waals surface area contributed by atoms with Gasteiger partial charge in [-0.1, -0.05) is 23.9 Å². The Labute approximate surface area is 233 Å². The van der Waals surface area contributed by atoms with Gasteiger partial charge in [-0.2, -0.15) is 4.37 Å². The maximum atomic E-state index is 11.7. The van der Waals surface area contributed by atoms with E-state index in [4.69, 9.17) is 14.7 Å². The van der Waals surface area contributed by atoms with Gasteiger partial charge in [-0.25, -0.2) is 15.0 Å². The van der Waals surface area contributed by atoms with Gasteiger partial charge in [0, 0.05) is 72.4 Å². The second-order valence-electron chi connectivity index (χ2n) is 9.08. The van der Waals surface area contributed by atoms with Crippen molar-refractivity contribution >= 4 is 51.1 Å². The highest BCUT2D eigenvalue weighted by atomic mass is 32.2. The summed E-state index contributed by atoms with van der Waals surface area (Å²) < 4.78 is 11.1. The van der Waals surface area contributed by atoms with Crippen LogP contribution in [0, 0.1) is 0 Å². The minimum atomic E-state index is 0.118. The summed E-state index contributed by atoms with van der Waals surface area (Å²) in [7, 11) is 0. The molecule has 0 unspecified atom stereocenters. The molecule has 0 radical (unpaired) electrons. The molecule has 1 aliphatic rings. The summed E-state index contributed by atoms with van der Waals surface area (Å²) in [4.78, 5) is 32.7. The lowest BCUT2D eigenvalue weighted by molar-refractivity contribution is -0.129. The summed E-state index contributed by atoms with van der Waals surface area (Å²) in [5, 5.41) is 5.73. The van der Waals surface area contributed by atoms with Crippen molar-refractivity contribution in [3.05, 3.63) is 79.0 Å². The molecule has 1 aliphatic heterocycles. The van der Waals surface area contributed by atoms with E-state index >= 15 is 0 Å². The smallest absolute Gasteiger partial charge is 0.219 e. The van der Waals surface area contributed by atoms with Gasteiger partial charge in [0.2, 0.25) is 11.0 Å². The maximum absolute atomic E-state index is 11.7. The van der Waals surface area contributed by atoms with Gasteiger partial charge in [0.15, 0.2) is 11.6 Å². The van der Waals surface area contributed by atoms with Crippen molar-refractivity contribution in [1.82, 2.24) is 29.2 Å². The van der Waals surface area contributed by atoms with Crippen LogP contribution in [0.4, 0.5) is 10.9 Å². The molecular weight excluding hydrogens is 530 g/mol. The SMILES string of the molecule is CC(=O)N1CCC(c2nsc(Nc3ncc(Sc4ccccn4)cc3Oc3cccc4ncccc34)n2)CC1. The largest absolute Gasteiger partial charge is 0.453 e. The third-order valence-corrected chi connectivity index (χ3v) is 8.04.